The van der Waals surface area contributed by atoms with E-state index in [1.54, 1.807) is 13.8 Å². The lowest BCUT2D eigenvalue weighted by Gasteiger charge is -2.15. The van der Waals surface area contributed by atoms with E-state index in [0.29, 0.717) is 6.42 Å². The number of aromatic carboxylic acids is 1. The first-order valence-corrected chi connectivity index (χ1v) is 7.97. The third kappa shape index (κ3) is 4.42. The summed E-state index contributed by atoms with van der Waals surface area (Å²) in [4.78, 5) is 11.0. The number of hydrogen-bond acceptors (Lipinski definition) is 5. The molecule has 0 fully saturated rings. The second-order valence-corrected chi connectivity index (χ2v) is 6.02. The van der Waals surface area contributed by atoms with E-state index in [9.17, 15) is 13.2 Å². The average Bonchev–Trinajstić information content (AvgIpc) is 2.45. The number of carbonyl (C=O) groups is 1. The Balaban J connectivity index is 3.19. The average molecular weight is 317 g/mol. The van der Waals surface area contributed by atoms with Crippen LogP contribution in [-0.2, 0) is 10.0 Å². The van der Waals surface area contributed by atoms with E-state index in [4.69, 9.17) is 14.9 Å². The summed E-state index contributed by atoms with van der Waals surface area (Å²) in [5.41, 5.74) is -0.225. The Kier molecular flexibility index (Phi) is 6.13. The topological polar surface area (TPSA) is 113 Å². The number of carboxylic acids is 1. The fourth-order valence-electron chi connectivity index (χ4n) is 1.66. The Morgan fingerprint density at radius 1 is 1.38 bits per heavy atom. The Bertz CT molecular complexity index is 595. The van der Waals surface area contributed by atoms with Crippen molar-refractivity contribution in [2.75, 3.05) is 13.2 Å². The van der Waals surface area contributed by atoms with Crippen LogP contribution in [-0.4, -0.2) is 43.9 Å². The van der Waals surface area contributed by atoms with Gasteiger partial charge < -0.3 is 14.9 Å². The van der Waals surface area contributed by atoms with Gasteiger partial charge in [-0.05, 0) is 31.5 Å². The molecule has 0 aromatic heterocycles. The van der Waals surface area contributed by atoms with Crippen LogP contribution in [0.25, 0.3) is 0 Å². The number of rotatable bonds is 8. The first-order chi connectivity index (χ1) is 9.85. The maximum absolute atomic E-state index is 12.1. The molecule has 0 amide bonds. The van der Waals surface area contributed by atoms with Crippen LogP contribution in [0.1, 0.15) is 30.6 Å². The molecule has 0 unspecified atom stereocenters. The van der Waals surface area contributed by atoms with Crippen molar-refractivity contribution in [1.82, 2.24) is 4.72 Å². The van der Waals surface area contributed by atoms with Gasteiger partial charge in [0, 0.05) is 6.04 Å². The number of ether oxygens (including phenoxy) is 1. The summed E-state index contributed by atoms with van der Waals surface area (Å²) in [7, 11) is -3.90. The number of nitrogens with one attached hydrogen (secondary N) is 1. The summed E-state index contributed by atoms with van der Waals surface area (Å²) in [5.74, 6) is -1.16. The quantitative estimate of drug-likeness (QED) is 0.654. The van der Waals surface area contributed by atoms with Crippen molar-refractivity contribution in [2.24, 2.45) is 0 Å². The molecule has 21 heavy (non-hydrogen) atoms. The SMILES string of the molecule is CCOc1ccc(S(=O)(=O)N[C@H](CC)CO)cc1C(=O)O. The predicted molar refractivity (Wildman–Crippen MR) is 76.1 cm³/mol. The molecule has 0 radical (unpaired) electrons. The lowest BCUT2D eigenvalue weighted by atomic mass is 10.2. The third-order valence-electron chi connectivity index (χ3n) is 2.83. The third-order valence-corrected chi connectivity index (χ3v) is 4.34. The minimum absolute atomic E-state index is 0.109. The van der Waals surface area contributed by atoms with Crippen molar-refractivity contribution in [3.63, 3.8) is 0 Å². The van der Waals surface area contributed by atoms with Crippen LogP contribution >= 0.6 is 0 Å². The zero-order valence-corrected chi connectivity index (χ0v) is 12.7. The number of aliphatic hydroxyl groups excluding tert-OH is 1. The lowest BCUT2D eigenvalue weighted by Crippen LogP contribution is -2.36. The van der Waals surface area contributed by atoms with Gasteiger partial charge in [-0.15, -0.1) is 0 Å². The van der Waals surface area contributed by atoms with Crippen LogP contribution in [0.15, 0.2) is 23.1 Å². The molecule has 1 aromatic rings. The van der Waals surface area contributed by atoms with Gasteiger partial charge in [0.15, 0.2) is 0 Å². The molecule has 0 bridgehead atoms. The highest BCUT2D eigenvalue weighted by Crippen LogP contribution is 2.23. The number of carboxylic acid groups (broad SMARTS) is 1. The van der Waals surface area contributed by atoms with Crippen molar-refractivity contribution in [3.8, 4) is 5.75 Å². The second kappa shape index (κ2) is 7.39. The molecule has 3 N–H and O–H groups in total. The van der Waals surface area contributed by atoms with Crippen molar-refractivity contribution in [2.45, 2.75) is 31.2 Å². The van der Waals surface area contributed by atoms with Gasteiger partial charge in [-0.25, -0.2) is 17.9 Å². The summed E-state index contributed by atoms with van der Waals surface area (Å²) in [6.45, 7) is 3.36. The first-order valence-electron chi connectivity index (χ1n) is 6.49. The molecular weight excluding hydrogens is 298 g/mol. The van der Waals surface area contributed by atoms with E-state index < -0.39 is 22.0 Å². The Hall–Kier alpha value is -1.64. The molecule has 0 aliphatic heterocycles. The van der Waals surface area contributed by atoms with Crippen LogP contribution in [0.4, 0.5) is 0 Å². The zero-order valence-electron chi connectivity index (χ0n) is 11.9. The molecular formula is C13H19NO6S. The van der Waals surface area contributed by atoms with Crippen molar-refractivity contribution >= 4 is 16.0 Å². The fraction of sp³-hybridized carbons (Fsp3) is 0.462. The van der Waals surface area contributed by atoms with E-state index >= 15 is 0 Å². The van der Waals surface area contributed by atoms with E-state index in [1.165, 1.54) is 12.1 Å². The molecule has 0 aliphatic carbocycles. The van der Waals surface area contributed by atoms with Gasteiger partial charge in [0.25, 0.3) is 0 Å². The molecule has 1 rings (SSSR count). The van der Waals surface area contributed by atoms with Gasteiger partial charge in [-0.2, -0.15) is 0 Å². The van der Waals surface area contributed by atoms with E-state index in [1.807, 2.05) is 0 Å². The molecule has 1 aromatic carbocycles. The zero-order chi connectivity index (χ0) is 16.0. The summed E-state index contributed by atoms with van der Waals surface area (Å²) in [5, 5.41) is 18.2. The van der Waals surface area contributed by atoms with Crippen molar-refractivity contribution < 1.29 is 28.2 Å². The number of aliphatic hydroxyl groups is 1. The highest BCUT2D eigenvalue weighted by atomic mass is 32.2. The summed E-state index contributed by atoms with van der Waals surface area (Å²) < 4.78 is 31.8. The van der Waals surface area contributed by atoms with Gasteiger partial charge in [0.05, 0.1) is 18.1 Å². The van der Waals surface area contributed by atoms with Gasteiger partial charge in [0.2, 0.25) is 10.0 Å². The maximum atomic E-state index is 12.1. The largest absolute Gasteiger partial charge is 0.493 e. The van der Waals surface area contributed by atoms with Crippen LogP contribution in [0.5, 0.6) is 5.75 Å². The number of benzene rings is 1. The standard InChI is InChI=1S/C13H19NO6S/c1-3-9(8-15)14-21(18,19)10-5-6-12(20-4-2)11(7-10)13(16)17/h5-7,9,14-15H,3-4,8H2,1-2H3,(H,16,17)/t9-/m1/s1. The highest BCUT2D eigenvalue weighted by molar-refractivity contribution is 7.89. The molecule has 0 heterocycles. The molecule has 118 valence electrons. The summed E-state index contributed by atoms with van der Waals surface area (Å²) in [6, 6.07) is 3.00. The molecule has 7 nitrogen and oxygen atoms in total. The number of sulfonamides is 1. The molecule has 0 spiro atoms. The Morgan fingerprint density at radius 3 is 2.52 bits per heavy atom. The molecule has 0 aliphatic rings. The Labute approximate surface area is 123 Å². The minimum atomic E-state index is -3.90. The molecule has 8 heteroatoms. The lowest BCUT2D eigenvalue weighted by molar-refractivity contribution is 0.0692. The van der Waals surface area contributed by atoms with Gasteiger partial charge in [-0.3, -0.25) is 0 Å². The predicted octanol–water partition coefficient (Wildman–Crippen LogP) is 0.833. The van der Waals surface area contributed by atoms with E-state index in [-0.39, 0.29) is 29.4 Å². The minimum Gasteiger partial charge on any atom is -0.493 e. The van der Waals surface area contributed by atoms with Crippen LogP contribution in [0, 0.1) is 0 Å². The van der Waals surface area contributed by atoms with Gasteiger partial charge >= 0.3 is 5.97 Å². The van der Waals surface area contributed by atoms with Crippen molar-refractivity contribution in [3.05, 3.63) is 23.8 Å². The Morgan fingerprint density at radius 2 is 2.05 bits per heavy atom. The molecule has 1 atom stereocenters. The normalized spacial score (nSPS) is 12.9. The van der Waals surface area contributed by atoms with E-state index in [2.05, 4.69) is 4.72 Å². The smallest absolute Gasteiger partial charge is 0.339 e. The first kappa shape index (κ1) is 17.4. The second-order valence-electron chi connectivity index (χ2n) is 4.31. The van der Waals surface area contributed by atoms with Crippen LogP contribution in [0.3, 0.4) is 0 Å². The van der Waals surface area contributed by atoms with E-state index in [0.717, 1.165) is 6.07 Å². The van der Waals surface area contributed by atoms with Gasteiger partial charge in [0.1, 0.15) is 11.3 Å². The summed E-state index contributed by atoms with van der Waals surface area (Å²) in [6.07, 6.45) is 0.415. The van der Waals surface area contributed by atoms with Gasteiger partial charge in [-0.1, -0.05) is 6.92 Å². The summed E-state index contributed by atoms with van der Waals surface area (Å²) >= 11 is 0. The monoisotopic (exact) mass is 317 g/mol. The molecule has 0 saturated heterocycles. The fourth-order valence-corrected chi connectivity index (χ4v) is 3.00. The number of hydrogen-bond donors (Lipinski definition) is 3. The van der Waals surface area contributed by atoms with Crippen molar-refractivity contribution in [1.29, 1.82) is 0 Å². The molecule has 0 saturated carbocycles. The van der Waals surface area contributed by atoms with Crippen LogP contribution < -0.4 is 9.46 Å². The highest BCUT2D eigenvalue weighted by Gasteiger charge is 2.22. The maximum Gasteiger partial charge on any atom is 0.339 e. The van der Waals surface area contributed by atoms with Crippen LogP contribution in [0.2, 0.25) is 0 Å².